The van der Waals surface area contributed by atoms with E-state index in [-0.39, 0.29) is 18.4 Å². The van der Waals surface area contributed by atoms with Gasteiger partial charge >= 0.3 is 0 Å². The fourth-order valence-electron chi connectivity index (χ4n) is 2.59. The van der Waals surface area contributed by atoms with Crippen molar-refractivity contribution in [3.63, 3.8) is 0 Å². The third-order valence-electron chi connectivity index (χ3n) is 3.79. The van der Waals surface area contributed by atoms with Gasteiger partial charge in [-0.3, -0.25) is 14.4 Å². The zero-order valence-corrected chi connectivity index (χ0v) is 12.6. The lowest BCUT2D eigenvalue weighted by Crippen LogP contribution is -2.43. The first-order valence-corrected chi connectivity index (χ1v) is 7.52. The normalized spacial score (nSPS) is 17.5. The number of hydrogen-bond donors (Lipinski definition) is 3. The molecule has 2 unspecified atom stereocenters. The number of hydrogen-bond acceptors (Lipinski definition) is 4. The standard InChI is InChI=1S/C16H21N3O3/c1-2-5-12(17)14(20)16(22)18-9-8-11-10-6-3-4-7-13(10)19-15(11)21/h3-4,6-7,11-12H,2,5,8-9,17H2,1H3,(H,18,22)(H,19,21). The van der Waals surface area contributed by atoms with Crippen LogP contribution in [0.2, 0.25) is 0 Å². The van der Waals surface area contributed by atoms with Crippen molar-refractivity contribution in [1.82, 2.24) is 5.32 Å². The van der Waals surface area contributed by atoms with Crippen LogP contribution in [0.1, 0.15) is 37.7 Å². The number of carbonyl (C=O) groups is 3. The number of Topliss-reactive ketones (excluding diaryl/α,β-unsaturated/α-hetero) is 1. The van der Waals surface area contributed by atoms with Gasteiger partial charge in [-0.1, -0.05) is 31.5 Å². The summed E-state index contributed by atoms with van der Waals surface area (Å²) in [5, 5.41) is 5.36. The Labute approximate surface area is 129 Å². The third-order valence-corrected chi connectivity index (χ3v) is 3.79. The Morgan fingerprint density at radius 2 is 2.09 bits per heavy atom. The predicted octanol–water partition coefficient (Wildman–Crippen LogP) is 0.925. The molecule has 118 valence electrons. The van der Waals surface area contributed by atoms with Gasteiger partial charge in [-0.05, 0) is 24.5 Å². The summed E-state index contributed by atoms with van der Waals surface area (Å²) in [6.07, 6.45) is 1.69. The molecule has 0 fully saturated rings. The summed E-state index contributed by atoms with van der Waals surface area (Å²) < 4.78 is 0. The first-order chi connectivity index (χ1) is 10.5. The van der Waals surface area contributed by atoms with E-state index < -0.39 is 17.7 Å². The number of anilines is 1. The lowest BCUT2D eigenvalue weighted by molar-refractivity contribution is -0.138. The molecule has 1 aromatic rings. The van der Waals surface area contributed by atoms with Crippen molar-refractivity contribution in [2.24, 2.45) is 5.73 Å². The molecular weight excluding hydrogens is 282 g/mol. The molecule has 1 aliphatic rings. The second-order valence-electron chi connectivity index (χ2n) is 5.43. The van der Waals surface area contributed by atoms with Crippen LogP contribution in [0.5, 0.6) is 0 Å². The lowest BCUT2D eigenvalue weighted by Gasteiger charge is -2.11. The largest absolute Gasteiger partial charge is 0.349 e. The predicted molar refractivity (Wildman–Crippen MR) is 83.3 cm³/mol. The Morgan fingerprint density at radius 3 is 2.82 bits per heavy atom. The molecule has 0 bridgehead atoms. The molecule has 0 aliphatic carbocycles. The number of nitrogens with two attached hydrogens (primary N) is 1. The molecular formula is C16H21N3O3. The van der Waals surface area contributed by atoms with Gasteiger partial charge in [0.05, 0.1) is 12.0 Å². The summed E-state index contributed by atoms with van der Waals surface area (Å²) in [5.41, 5.74) is 7.37. The highest BCUT2D eigenvalue weighted by Gasteiger charge is 2.30. The first-order valence-electron chi connectivity index (χ1n) is 7.52. The van der Waals surface area contributed by atoms with E-state index in [1.54, 1.807) is 0 Å². The second kappa shape index (κ2) is 7.17. The van der Waals surface area contributed by atoms with Gasteiger partial charge in [0, 0.05) is 12.2 Å². The molecule has 6 heteroatoms. The minimum Gasteiger partial charge on any atom is -0.349 e. The Hall–Kier alpha value is -2.21. The van der Waals surface area contributed by atoms with Crippen LogP contribution in [0.4, 0.5) is 5.69 Å². The summed E-state index contributed by atoms with van der Waals surface area (Å²) in [6.45, 7) is 2.16. The van der Waals surface area contributed by atoms with E-state index in [1.807, 2.05) is 31.2 Å². The topological polar surface area (TPSA) is 101 Å². The quantitative estimate of drug-likeness (QED) is 0.652. The summed E-state index contributed by atoms with van der Waals surface area (Å²) in [4.78, 5) is 35.3. The van der Waals surface area contributed by atoms with Gasteiger partial charge in [0.2, 0.25) is 11.7 Å². The van der Waals surface area contributed by atoms with Gasteiger partial charge in [0.1, 0.15) is 0 Å². The van der Waals surface area contributed by atoms with Crippen molar-refractivity contribution in [1.29, 1.82) is 0 Å². The van der Waals surface area contributed by atoms with E-state index >= 15 is 0 Å². The highest BCUT2D eigenvalue weighted by Crippen LogP contribution is 2.33. The summed E-state index contributed by atoms with van der Waals surface area (Å²) in [7, 11) is 0. The molecule has 4 N–H and O–H groups in total. The molecule has 6 nitrogen and oxygen atoms in total. The van der Waals surface area contributed by atoms with Crippen molar-refractivity contribution in [3.05, 3.63) is 29.8 Å². The van der Waals surface area contributed by atoms with E-state index in [2.05, 4.69) is 10.6 Å². The molecule has 22 heavy (non-hydrogen) atoms. The average molecular weight is 303 g/mol. The van der Waals surface area contributed by atoms with Crippen molar-refractivity contribution < 1.29 is 14.4 Å². The Bertz CT molecular complexity index is 586. The SMILES string of the molecule is CCCC(N)C(=O)C(=O)NCCC1C(=O)Nc2ccccc21. The van der Waals surface area contributed by atoms with Crippen LogP contribution < -0.4 is 16.4 Å². The smallest absolute Gasteiger partial charge is 0.289 e. The molecule has 2 rings (SSSR count). The van der Waals surface area contributed by atoms with Crippen LogP contribution in [0, 0.1) is 0 Å². The third kappa shape index (κ3) is 3.51. The Morgan fingerprint density at radius 1 is 1.36 bits per heavy atom. The average Bonchev–Trinajstić information content (AvgIpc) is 2.82. The summed E-state index contributed by atoms with van der Waals surface area (Å²) >= 11 is 0. The zero-order valence-electron chi connectivity index (χ0n) is 12.6. The number of fused-ring (bicyclic) bond motifs is 1. The number of amides is 2. The molecule has 0 saturated heterocycles. The van der Waals surface area contributed by atoms with Crippen LogP contribution in [0.25, 0.3) is 0 Å². The number of carbonyl (C=O) groups excluding carboxylic acids is 3. The monoisotopic (exact) mass is 303 g/mol. The maximum Gasteiger partial charge on any atom is 0.289 e. The number of nitrogens with one attached hydrogen (secondary N) is 2. The minimum absolute atomic E-state index is 0.0792. The van der Waals surface area contributed by atoms with Gasteiger partial charge in [-0.25, -0.2) is 0 Å². The summed E-state index contributed by atoms with van der Waals surface area (Å²) in [6, 6.07) is 6.72. The van der Waals surface area contributed by atoms with Crippen LogP contribution in [-0.2, 0) is 14.4 Å². The van der Waals surface area contributed by atoms with Gasteiger partial charge in [-0.15, -0.1) is 0 Å². The van der Waals surface area contributed by atoms with Crippen molar-refractivity contribution >= 4 is 23.3 Å². The molecule has 0 aromatic heterocycles. The van der Waals surface area contributed by atoms with Crippen LogP contribution in [0.15, 0.2) is 24.3 Å². The van der Waals surface area contributed by atoms with E-state index in [4.69, 9.17) is 5.73 Å². The van der Waals surface area contributed by atoms with Crippen LogP contribution in [-0.4, -0.2) is 30.2 Å². The van der Waals surface area contributed by atoms with Crippen molar-refractivity contribution in [3.8, 4) is 0 Å². The molecule has 1 aromatic carbocycles. The first kappa shape index (κ1) is 16.2. The molecule has 2 atom stereocenters. The minimum atomic E-state index is -0.750. The fourth-order valence-corrected chi connectivity index (χ4v) is 2.59. The molecule has 2 amide bonds. The van der Waals surface area contributed by atoms with Gasteiger partial charge < -0.3 is 16.4 Å². The molecule has 1 heterocycles. The maximum atomic E-state index is 11.9. The van der Waals surface area contributed by atoms with Crippen LogP contribution >= 0.6 is 0 Å². The fraction of sp³-hybridized carbons (Fsp3) is 0.438. The molecule has 0 saturated carbocycles. The number of para-hydroxylation sites is 1. The zero-order chi connectivity index (χ0) is 16.1. The highest BCUT2D eigenvalue weighted by atomic mass is 16.2. The van der Waals surface area contributed by atoms with E-state index in [0.717, 1.165) is 17.7 Å². The summed E-state index contributed by atoms with van der Waals surface area (Å²) in [5.74, 6) is -1.65. The second-order valence-corrected chi connectivity index (χ2v) is 5.43. The van der Waals surface area contributed by atoms with E-state index in [0.29, 0.717) is 12.8 Å². The molecule has 1 aliphatic heterocycles. The number of rotatable bonds is 7. The van der Waals surface area contributed by atoms with Gasteiger partial charge in [0.15, 0.2) is 0 Å². The Balaban J connectivity index is 1.85. The van der Waals surface area contributed by atoms with E-state index in [1.165, 1.54) is 0 Å². The van der Waals surface area contributed by atoms with Gasteiger partial charge in [0.25, 0.3) is 5.91 Å². The van der Waals surface area contributed by atoms with Crippen LogP contribution in [0.3, 0.4) is 0 Å². The number of ketones is 1. The molecule has 0 spiro atoms. The van der Waals surface area contributed by atoms with Crippen molar-refractivity contribution in [2.45, 2.75) is 38.1 Å². The lowest BCUT2D eigenvalue weighted by atomic mass is 9.97. The molecule has 0 radical (unpaired) electrons. The van der Waals surface area contributed by atoms with Crippen molar-refractivity contribution in [2.75, 3.05) is 11.9 Å². The Kier molecular flexibility index (Phi) is 5.27. The highest BCUT2D eigenvalue weighted by molar-refractivity contribution is 6.38. The van der Waals surface area contributed by atoms with E-state index in [9.17, 15) is 14.4 Å². The number of benzene rings is 1. The van der Waals surface area contributed by atoms with Gasteiger partial charge in [-0.2, -0.15) is 0 Å². The maximum absolute atomic E-state index is 11.9.